The average molecular weight is 953 g/mol. The summed E-state index contributed by atoms with van der Waals surface area (Å²) in [4.78, 5) is 74.1. The van der Waals surface area contributed by atoms with Crippen molar-refractivity contribution in [3.63, 3.8) is 0 Å². The molecule has 0 spiro atoms. The Kier molecular flexibility index (Phi) is 23.4. The molecule has 0 bridgehead atoms. The molecular formula is C49H84N4O14. The zero-order valence-corrected chi connectivity index (χ0v) is 42.6. The summed E-state index contributed by atoms with van der Waals surface area (Å²) in [5.41, 5.74) is -4.69. The first-order valence-electron chi connectivity index (χ1n) is 23.6. The first-order chi connectivity index (χ1) is 31.0. The van der Waals surface area contributed by atoms with Gasteiger partial charge in [0.15, 0.2) is 0 Å². The maximum absolute atomic E-state index is 12.4. The van der Waals surface area contributed by atoms with E-state index in [4.69, 9.17) is 28.4 Å². The van der Waals surface area contributed by atoms with E-state index in [1.807, 2.05) is 83.1 Å². The standard InChI is InChI=1S/C49H84N4O14/c1-43(2,19-25-50-37(56)17-27-52-39(58)13-14-40(52)59)62-31-23-47(9,10)66-35-49(33-64-45(5,6)21-29-54,34-65-46(7,8)22-30-55)36-67-48(11,12)24-32-63-44(3,4)20-26-51-38(57)18-28-53-41(60)15-16-42(53)61/h13-16,54-55H,17-36H2,1-12H3,(H,50,56)(H,51,57). The van der Waals surface area contributed by atoms with E-state index in [9.17, 15) is 39.0 Å². The molecule has 2 rings (SSSR count). The molecule has 0 unspecified atom stereocenters. The topological polar surface area (TPSA) is 229 Å². The van der Waals surface area contributed by atoms with Crippen molar-refractivity contribution in [1.82, 2.24) is 20.4 Å². The lowest BCUT2D eigenvalue weighted by molar-refractivity contribution is -0.195. The van der Waals surface area contributed by atoms with Crippen LogP contribution in [0.25, 0.3) is 0 Å². The highest BCUT2D eigenvalue weighted by Gasteiger charge is 2.40. The van der Waals surface area contributed by atoms with Crippen LogP contribution in [0.4, 0.5) is 0 Å². The Labute approximate surface area is 399 Å². The van der Waals surface area contributed by atoms with Crippen molar-refractivity contribution in [2.75, 3.05) is 79.0 Å². The van der Waals surface area contributed by atoms with Crippen LogP contribution in [0.15, 0.2) is 24.3 Å². The van der Waals surface area contributed by atoms with Gasteiger partial charge in [-0.3, -0.25) is 38.6 Å². The number of nitrogens with one attached hydrogen (secondary N) is 2. The molecular weight excluding hydrogens is 869 g/mol. The lowest BCUT2D eigenvalue weighted by Crippen LogP contribution is -2.49. The van der Waals surface area contributed by atoms with E-state index in [1.54, 1.807) is 0 Å². The molecule has 18 heteroatoms. The largest absolute Gasteiger partial charge is 0.396 e. The normalized spacial score (nSPS) is 15.4. The summed E-state index contributed by atoms with van der Waals surface area (Å²) in [5.74, 6) is -2.21. The Morgan fingerprint density at radius 3 is 1.00 bits per heavy atom. The van der Waals surface area contributed by atoms with Gasteiger partial charge in [-0.15, -0.1) is 0 Å². The second kappa shape index (κ2) is 26.4. The molecule has 0 radical (unpaired) electrons. The number of amides is 6. The number of carbonyl (C=O) groups excluding carboxylic acids is 6. The maximum atomic E-state index is 12.4. The summed E-state index contributed by atoms with van der Waals surface area (Å²) in [6, 6.07) is 0. The number of rotatable bonds is 36. The molecule has 18 nitrogen and oxygen atoms in total. The fourth-order valence-electron chi connectivity index (χ4n) is 6.67. The van der Waals surface area contributed by atoms with Gasteiger partial charge in [0.05, 0.1) is 78.7 Å². The number of nitrogens with zero attached hydrogens (tertiary/aromatic N) is 2. The van der Waals surface area contributed by atoms with E-state index in [0.717, 1.165) is 9.80 Å². The number of hydrogen-bond donors (Lipinski definition) is 4. The molecule has 384 valence electrons. The molecule has 0 saturated carbocycles. The molecule has 67 heavy (non-hydrogen) atoms. The predicted octanol–water partition coefficient (Wildman–Crippen LogP) is 3.93. The summed E-state index contributed by atoms with van der Waals surface area (Å²) < 4.78 is 39.1. The van der Waals surface area contributed by atoms with Crippen LogP contribution in [-0.4, -0.2) is 168 Å². The molecule has 0 saturated heterocycles. The maximum Gasteiger partial charge on any atom is 0.253 e. The molecule has 2 heterocycles. The van der Waals surface area contributed by atoms with Crippen LogP contribution in [0.2, 0.25) is 0 Å². The lowest BCUT2D eigenvalue weighted by atomic mass is 9.89. The third-order valence-corrected chi connectivity index (χ3v) is 11.9. The number of imide groups is 2. The number of carbonyl (C=O) groups is 6. The quantitative estimate of drug-likeness (QED) is 0.0653. The average Bonchev–Trinajstić information content (AvgIpc) is 3.71. The molecule has 0 aromatic heterocycles. The van der Waals surface area contributed by atoms with E-state index in [0.29, 0.717) is 64.8 Å². The minimum atomic E-state index is -0.845. The monoisotopic (exact) mass is 953 g/mol. The van der Waals surface area contributed by atoms with Gasteiger partial charge in [-0.2, -0.15) is 0 Å². The fourth-order valence-corrected chi connectivity index (χ4v) is 6.67. The van der Waals surface area contributed by atoms with E-state index < -0.39 is 62.7 Å². The minimum absolute atomic E-state index is 0.0120. The van der Waals surface area contributed by atoms with E-state index >= 15 is 0 Å². The van der Waals surface area contributed by atoms with Crippen LogP contribution in [-0.2, 0) is 57.2 Å². The van der Waals surface area contributed by atoms with Crippen LogP contribution in [0.3, 0.4) is 0 Å². The molecule has 0 aromatic rings. The van der Waals surface area contributed by atoms with Gasteiger partial charge in [0.2, 0.25) is 11.8 Å². The van der Waals surface area contributed by atoms with Crippen molar-refractivity contribution in [2.45, 2.75) is 168 Å². The molecule has 0 atom stereocenters. The van der Waals surface area contributed by atoms with Crippen LogP contribution >= 0.6 is 0 Å². The van der Waals surface area contributed by atoms with Crippen LogP contribution in [0, 0.1) is 5.41 Å². The molecule has 2 aliphatic heterocycles. The Hall–Kier alpha value is -3.62. The van der Waals surface area contributed by atoms with Gasteiger partial charge in [-0.25, -0.2) is 0 Å². The summed E-state index contributed by atoms with van der Waals surface area (Å²) in [6.45, 7) is 25.5. The highest BCUT2D eigenvalue weighted by molar-refractivity contribution is 6.13. The van der Waals surface area contributed by atoms with Crippen LogP contribution < -0.4 is 10.6 Å². The zero-order chi connectivity index (χ0) is 50.7. The summed E-state index contributed by atoms with van der Waals surface area (Å²) in [6.07, 6.45) is 7.71. The number of ether oxygens (including phenoxy) is 6. The number of hydrogen-bond acceptors (Lipinski definition) is 14. The van der Waals surface area contributed by atoms with E-state index in [2.05, 4.69) is 10.6 Å². The second-order valence-corrected chi connectivity index (χ2v) is 21.4. The first kappa shape index (κ1) is 59.5. The Morgan fingerprint density at radius 1 is 0.448 bits per heavy atom. The molecule has 0 fully saturated rings. The third-order valence-electron chi connectivity index (χ3n) is 11.9. The Morgan fingerprint density at radius 2 is 0.716 bits per heavy atom. The summed E-state index contributed by atoms with van der Waals surface area (Å²) in [5, 5.41) is 25.3. The molecule has 2 aliphatic rings. The number of aliphatic hydroxyl groups excluding tert-OH is 2. The summed E-state index contributed by atoms with van der Waals surface area (Å²) >= 11 is 0. The lowest BCUT2D eigenvalue weighted by Gasteiger charge is -2.42. The fraction of sp³-hybridized carbons (Fsp3) is 0.796. The van der Waals surface area contributed by atoms with Gasteiger partial charge < -0.3 is 49.3 Å². The molecule has 0 aliphatic carbocycles. The van der Waals surface area contributed by atoms with Crippen molar-refractivity contribution in [3.05, 3.63) is 24.3 Å². The van der Waals surface area contributed by atoms with E-state index in [1.165, 1.54) is 24.3 Å². The molecule has 0 aromatic carbocycles. The predicted molar refractivity (Wildman–Crippen MR) is 251 cm³/mol. The van der Waals surface area contributed by atoms with Gasteiger partial charge in [-0.1, -0.05) is 0 Å². The number of aliphatic hydroxyl groups is 2. The van der Waals surface area contributed by atoms with Crippen molar-refractivity contribution in [1.29, 1.82) is 0 Å². The van der Waals surface area contributed by atoms with Gasteiger partial charge in [0, 0.05) is 76.5 Å². The van der Waals surface area contributed by atoms with Gasteiger partial charge in [-0.05, 0) is 122 Å². The highest BCUT2D eigenvalue weighted by atomic mass is 16.5. The van der Waals surface area contributed by atoms with Gasteiger partial charge in [0.25, 0.3) is 23.6 Å². The van der Waals surface area contributed by atoms with Crippen LogP contribution in [0.5, 0.6) is 0 Å². The Balaban J connectivity index is 2.05. The third kappa shape index (κ3) is 23.5. The van der Waals surface area contributed by atoms with Crippen molar-refractivity contribution in [2.24, 2.45) is 5.41 Å². The SMILES string of the molecule is CC(C)(CCNC(=O)CCN1C(=O)C=CC1=O)OCCC(C)(C)OCC(COC(C)(C)CCO)(COC(C)(C)CCO)COC(C)(C)CCOC(C)(C)CCNC(=O)CCN1C(=O)C=CC1=O. The minimum Gasteiger partial charge on any atom is -0.396 e. The van der Waals surface area contributed by atoms with Crippen molar-refractivity contribution < 1.29 is 67.4 Å². The smallest absolute Gasteiger partial charge is 0.253 e. The van der Waals surface area contributed by atoms with Crippen molar-refractivity contribution >= 4 is 35.4 Å². The zero-order valence-electron chi connectivity index (χ0n) is 42.6. The van der Waals surface area contributed by atoms with Gasteiger partial charge >= 0.3 is 0 Å². The Bertz CT molecular complexity index is 1550. The summed E-state index contributed by atoms with van der Waals surface area (Å²) in [7, 11) is 0. The first-order valence-corrected chi connectivity index (χ1v) is 23.6. The van der Waals surface area contributed by atoms with Crippen molar-refractivity contribution in [3.8, 4) is 0 Å². The van der Waals surface area contributed by atoms with E-state index in [-0.39, 0.29) is 77.4 Å². The second-order valence-electron chi connectivity index (χ2n) is 21.4. The van der Waals surface area contributed by atoms with Gasteiger partial charge in [0.1, 0.15) is 0 Å². The highest BCUT2D eigenvalue weighted by Crippen LogP contribution is 2.32. The molecule has 4 N–H and O–H groups in total. The van der Waals surface area contributed by atoms with Crippen LogP contribution in [0.1, 0.15) is 134 Å². The molecule has 6 amide bonds.